The van der Waals surface area contributed by atoms with Gasteiger partial charge in [-0.3, -0.25) is 9.36 Å². The average molecular weight is 308 g/mol. The first-order valence-electron chi connectivity index (χ1n) is 6.85. The van der Waals surface area contributed by atoms with E-state index in [1.807, 2.05) is 30.3 Å². The molecule has 0 spiro atoms. The summed E-state index contributed by atoms with van der Waals surface area (Å²) in [5, 5.41) is 0. The molecular weight excluding hydrogens is 287 g/mol. The number of rotatable bonds is 9. The van der Waals surface area contributed by atoms with E-state index < -0.39 is 13.3 Å². The van der Waals surface area contributed by atoms with Gasteiger partial charge in [-0.05, 0) is 25.5 Å². The predicted molar refractivity (Wildman–Crippen MR) is 85.3 cm³/mol. The molecule has 0 saturated heterocycles. The third kappa shape index (κ3) is 5.09. The number of ketones is 1. The Balaban J connectivity index is 2.92. The van der Waals surface area contributed by atoms with Crippen molar-refractivity contribution in [2.75, 3.05) is 13.2 Å². The Kier molecular flexibility index (Phi) is 7.30. The lowest BCUT2D eigenvalue weighted by Crippen LogP contribution is -2.19. The maximum Gasteiger partial charge on any atom is 0.345 e. The quantitative estimate of drug-likeness (QED) is 0.392. The van der Waals surface area contributed by atoms with Crippen LogP contribution in [0, 0.1) is 0 Å². The van der Waals surface area contributed by atoms with Gasteiger partial charge in [0.25, 0.3) is 0 Å². The first kappa shape index (κ1) is 17.6. The smallest absolute Gasteiger partial charge is 0.308 e. The first-order chi connectivity index (χ1) is 10.1. The van der Waals surface area contributed by atoms with E-state index in [0.717, 1.165) is 5.56 Å². The van der Waals surface area contributed by atoms with Gasteiger partial charge in [-0.25, -0.2) is 0 Å². The molecule has 1 aromatic carbocycles. The van der Waals surface area contributed by atoms with Crippen LogP contribution in [0.5, 0.6) is 0 Å². The molecule has 0 aliphatic heterocycles. The van der Waals surface area contributed by atoms with Crippen molar-refractivity contribution in [3.63, 3.8) is 0 Å². The molecule has 0 heterocycles. The third-order valence-electron chi connectivity index (χ3n) is 2.71. The normalized spacial score (nSPS) is 13.2. The van der Waals surface area contributed by atoms with Gasteiger partial charge in [-0.2, -0.15) is 0 Å². The molecule has 1 atom stereocenters. The second kappa shape index (κ2) is 8.73. The minimum Gasteiger partial charge on any atom is -0.308 e. The summed E-state index contributed by atoms with van der Waals surface area (Å²) in [5.41, 5.74) is -0.103. The maximum atomic E-state index is 12.6. The first-order valence-corrected chi connectivity index (χ1v) is 8.47. The molecule has 0 aliphatic rings. The Bertz CT molecular complexity index is 526. The number of carbonyl (C=O) groups is 1. The summed E-state index contributed by atoms with van der Waals surface area (Å²) in [5.74, 6) is -0.348. The largest absolute Gasteiger partial charge is 0.345 e. The van der Waals surface area contributed by atoms with Crippen LogP contribution in [-0.4, -0.2) is 24.7 Å². The fraction of sp³-hybridized carbons (Fsp3) is 0.312. The van der Waals surface area contributed by atoms with Crippen LogP contribution in [0.4, 0.5) is 0 Å². The molecule has 21 heavy (non-hydrogen) atoms. The van der Waals surface area contributed by atoms with Crippen molar-refractivity contribution < 1.29 is 18.4 Å². The van der Waals surface area contributed by atoms with Crippen LogP contribution in [0.25, 0.3) is 6.08 Å². The molecule has 1 rings (SSSR count). The van der Waals surface area contributed by atoms with E-state index in [1.165, 1.54) is 12.2 Å². The van der Waals surface area contributed by atoms with Crippen LogP contribution in [0.2, 0.25) is 0 Å². The van der Waals surface area contributed by atoms with Gasteiger partial charge in [0.05, 0.1) is 13.2 Å². The zero-order chi connectivity index (χ0) is 15.7. The highest BCUT2D eigenvalue weighted by atomic mass is 31.2. The summed E-state index contributed by atoms with van der Waals surface area (Å²) >= 11 is 0. The minimum absolute atomic E-state index is 0.206. The SMILES string of the molecule is C=CC(C(=O)/C=C/c1ccccc1)P(=O)(OCC)OCC. The molecule has 1 aromatic rings. The van der Waals surface area contributed by atoms with E-state index in [9.17, 15) is 9.36 Å². The molecule has 0 bridgehead atoms. The second-order valence-corrected chi connectivity index (χ2v) is 6.35. The van der Waals surface area contributed by atoms with Gasteiger partial charge in [0, 0.05) is 0 Å². The molecule has 4 nitrogen and oxygen atoms in total. The third-order valence-corrected chi connectivity index (χ3v) is 5.10. The zero-order valence-corrected chi connectivity index (χ0v) is 13.3. The van der Waals surface area contributed by atoms with Gasteiger partial charge >= 0.3 is 7.60 Å². The lowest BCUT2D eigenvalue weighted by Gasteiger charge is -2.21. The van der Waals surface area contributed by atoms with E-state index >= 15 is 0 Å². The van der Waals surface area contributed by atoms with E-state index in [-0.39, 0.29) is 19.0 Å². The summed E-state index contributed by atoms with van der Waals surface area (Å²) in [6, 6.07) is 9.39. The molecule has 0 fully saturated rings. The van der Waals surface area contributed by atoms with E-state index in [4.69, 9.17) is 9.05 Å². The molecule has 0 aliphatic carbocycles. The molecule has 1 unspecified atom stereocenters. The van der Waals surface area contributed by atoms with Gasteiger partial charge in [0.1, 0.15) is 5.66 Å². The van der Waals surface area contributed by atoms with E-state index in [1.54, 1.807) is 19.9 Å². The number of carbonyl (C=O) groups excluding carboxylic acids is 1. The number of hydrogen-bond donors (Lipinski definition) is 0. The summed E-state index contributed by atoms with van der Waals surface area (Å²) in [7, 11) is -3.53. The van der Waals surface area contributed by atoms with Crippen LogP contribution in [0.1, 0.15) is 19.4 Å². The number of hydrogen-bond acceptors (Lipinski definition) is 4. The molecule has 0 aromatic heterocycles. The predicted octanol–water partition coefficient (Wildman–Crippen LogP) is 4.09. The Morgan fingerprint density at radius 3 is 2.29 bits per heavy atom. The highest BCUT2D eigenvalue weighted by molar-refractivity contribution is 7.56. The molecule has 0 amide bonds. The summed E-state index contributed by atoms with van der Waals surface area (Å²) < 4.78 is 23.0. The Morgan fingerprint density at radius 1 is 1.24 bits per heavy atom. The van der Waals surface area contributed by atoms with Crippen molar-refractivity contribution in [1.82, 2.24) is 0 Å². The van der Waals surface area contributed by atoms with Crippen LogP contribution in [-0.2, 0) is 18.4 Å². The molecule has 5 heteroatoms. The molecule has 0 saturated carbocycles. The fourth-order valence-corrected chi connectivity index (χ4v) is 3.57. The van der Waals surface area contributed by atoms with Crippen LogP contribution < -0.4 is 0 Å². The standard InChI is InChI=1S/C16H21O4P/c1-4-16(21(18,19-5-2)20-6-3)15(17)13-12-14-10-8-7-9-11-14/h4,7-13,16H,1,5-6H2,2-3H3/b13-12+. The Morgan fingerprint density at radius 2 is 1.81 bits per heavy atom. The van der Waals surface area contributed by atoms with Gasteiger partial charge in [-0.1, -0.05) is 42.5 Å². The molecule has 0 N–H and O–H groups in total. The topological polar surface area (TPSA) is 52.6 Å². The van der Waals surface area contributed by atoms with Gasteiger partial charge in [-0.15, -0.1) is 6.58 Å². The zero-order valence-electron chi connectivity index (χ0n) is 12.4. The molecule has 0 radical (unpaired) electrons. The van der Waals surface area contributed by atoms with Crippen molar-refractivity contribution in [2.24, 2.45) is 0 Å². The highest BCUT2D eigenvalue weighted by Gasteiger charge is 2.37. The highest BCUT2D eigenvalue weighted by Crippen LogP contribution is 2.53. The van der Waals surface area contributed by atoms with Gasteiger partial charge in [0.15, 0.2) is 5.78 Å². The van der Waals surface area contributed by atoms with E-state index in [2.05, 4.69) is 6.58 Å². The van der Waals surface area contributed by atoms with E-state index in [0.29, 0.717) is 0 Å². The monoisotopic (exact) mass is 308 g/mol. The Labute approximate surface area is 126 Å². The second-order valence-electron chi connectivity index (χ2n) is 4.20. The van der Waals surface area contributed by atoms with Crippen LogP contribution in [0.15, 0.2) is 49.1 Å². The summed E-state index contributed by atoms with van der Waals surface area (Å²) in [6.07, 6.45) is 4.37. The molecular formula is C16H21O4P. The lowest BCUT2D eigenvalue weighted by atomic mass is 10.2. The summed E-state index contributed by atoms with van der Waals surface area (Å²) in [6.45, 7) is 7.40. The Hall–Kier alpha value is -1.48. The van der Waals surface area contributed by atoms with Gasteiger partial charge < -0.3 is 9.05 Å². The summed E-state index contributed by atoms with van der Waals surface area (Å²) in [4.78, 5) is 12.3. The van der Waals surface area contributed by atoms with Crippen molar-refractivity contribution in [3.05, 3.63) is 54.6 Å². The molecule has 114 valence electrons. The van der Waals surface area contributed by atoms with Crippen LogP contribution in [0.3, 0.4) is 0 Å². The number of benzene rings is 1. The number of allylic oxidation sites excluding steroid dienone is 2. The van der Waals surface area contributed by atoms with Crippen molar-refractivity contribution in [3.8, 4) is 0 Å². The minimum atomic E-state index is -3.53. The van der Waals surface area contributed by atoms with Crippen LogP contribution >= 0.6 is 7.60 Å². The maximum absolute atomic E-state index is 12.6. The van der Waals surface area contributed by atoms with Crippen molar-refractivity contribution >= 4 is 19.5 Å². The average Bonchev–Trinajstić information content (AvgIpc) is 2.47. The van der Waals surface area contributed by atoms with Crippen molar-refractivity contribution in [1.29, 1.82) is 0 Å². The van der Waals surface area contributed by atoms with Crippen molar-refractivity contribution in [2.45, 2.75) is 19.5 Å². The fourth-order valence-electron chi connectivity index (χ4n) is 1.80. The van der Waals surface area contributed by atoms with Gasteiger partial charge in [0.2, 0.25) is 0 Å². The lowest BCUT2D eigenvalue weighted by molar-refractivity contribution is -0.113.